The van der Waals surface area contributed by atoms with Crippen LogP contribution in [-0.4, -0.2) is 107 Å². The highest BCUT2D eigenvalue weighted by Crippen LogP contribution is 2.16. The van der Waals surface area contributed by atoms with E-state index < -0.39 is 0 Å². The number of amidine groups is 1. The molecule has 9 nitrogen and oxygen atoms in total. The third kappa shape index (κ3) is 10.3. The minimum atomic E-state index is -0.238. The average Bonchev–Trinajstić information content (AvgIpc) is 3.59. The van der Waals surface area contributed by atoms with Crippen LogP contribution in [0.25, 0.3) is 0 Å². The Hall–Kier alpha value is -2.75. The van der Waals surface area contributed by atoms with Crippen LogP contribution in [0.1, 0.15) is 63.4 Å². The largest absolute Gasteiger partial charge is 0.465 e. The molecule has 0 saturated heterocycles. The lowest BCUT2D eigenvalue weighted by Gasteiger charge is -2.28. The molecule has 0 radical (unpaired) electrons. The number of aromatic nitrogens is 2. The Morgan fingerprint density at radius 1 is 1.00 bits per heavy atom. The number of H-pyrrole nitrogens is 1. The third-order valence-corrected chi connectivity index (χ3v) is 7.45. The van der Waals surface area contributed by atoms with E-state index in [9.17, 15) is 4.79 Å². The molecule has 2 aromatic rings. The number of esters is 1. The van der Waals surface area contributed by atoms with Crippen molar-refractivity contribution in [2.75, 3.05) is 60.0 Å². The number of benzene rings is 1. The molecule has 2 heterocycles. The number of aliphatic imine (C=N–C) groups is 1. The summed E-state index contributed by atoms with van der Waals surface area (Å²) >= 11 is 0. The summed E-state index contributed by atoms with van der Waals surface area (Å²) in [5.74, 6) is 1.96. The van der Waals surface area contributed by atoms with Crippen LogP contribution < -0.4 is 0 Å². The topological polar surface area (TPSA) is 80.3 Å². The fraction of sp³-hybridized carbons (Fsp3) is 0.645. The highest BCUT2D eigenvalue weighted by Gasteiger charge is 2.25. The van der Waals surface area contributed by atoms with Gasteiger partial charge >= 0.3 is 5.97 Å². The molecule has 0 bridgehead atoms. The summed E-state index contributed by atoms with van der Waals surface area (Å²) in [6.45, 7) is 14.9. The second-order valence-corrected chi connectivity index (χ2v) is 10.9. The van der Waals surface area contributed by atoms with E-state index in [0.29, 0.717) is 13.2 Å². The molecular weight excluding hydrogens is 502 g/mol. The molecule has 1 aliphatic rings. The number of imidazole rings is 1. The normalized spacial score (nSPS) is 14.4. The molecule has 0 spiro atoms. The maximum Gasteiger partial charge on any atom is 0.323 e. The van der Waals surface area contributed by atoms with Crippen LogP contribution in [0.5, 0.6) is 0 Å². The third-order valence-electron chi connectivity index (χ3n) is 7.45. The molecule has 0 saturated carbocycles. The van der Waals surface area contributed by atoms with Gasteiger partial charge in [-0.25, -0.2) is 4.98 Å². The van der Waals surface area contributed by atoms with Gasteiger partial charge in [-0.05, 0) is 70.4 Å². The first-order valence-corrected chi connectivity index (χ1v) is 15.1. The Bertz CT molecular complexity index is 1000. The second kappa shape index (κ2) is 17.1. The lowest BCUT2D eigenvalue weighted by molar-refractivity contribution is -0.149. The first-order chi connectivity index (χ1) is 19.4. The fourth-order valence-electron chi connectivity index (χ4n) is 5.35. The van der Waals surface area contributed by atoms with Crippen LogP contribution in [0.4, 0.5) is 0 Å². The summed E-state index contributed by atoms with van der Waals surface area (Å²) in [4.78, 5) is 34.5. The molecule has 1 aliphatic heterocycles. The second-order valence-electron chi connectivity index (χ2n) is 10.9. The van der Waals surface area contributed by atoms with Gasteiger partial charge in [0.1, 0.15) is 17.7 Å². The van der Waals surface area contributed by atoms with E-state index >= 15 is 0 Å². The van der Waals surface area contributed by atoms with Gasteiger partial charge in [-0.2, -0.15) is 0 Å². The molecule has 9 heteroatoms. The summed E-state index contributed by atoms with van der Waals surface area (Å²) in [7, 11) is 4.15. The van der Waals surface area contributed by atoms with Crippen LogP contribution in [-0.2, 0) is 29.2 Å². The van der Waals surface area contributed by atoms with E-state index in [4.69, 9.17) is 9.73 Å². The van der Waals surface area contributed by atoms with E-state index in [0.717, 1.165) is 89.7 Å². The van der Waals surface area contributed by atoms with Crippen LogP contribution >= 0.6 is 0 Å². The Labute approximate surface area is 241 Å². The minimum Gasteiger partial charge on any atom is -0.465 e. The summed E-state index contributed by atoms with van der Waals surface area (Å²) < 4.78 is 5.46. The summed E-state index contributed by atoms with van der Waals surface area (Å²) in [5, 5.41) is 0. The molecular formula is C31H51N7O2. The number of hydrogen-bond acceptors (Lipinski definition) is 8. The number of likely N-dealkylation sites (N-methyl/N-ethyl adjacent to an activating group) is 2. The van der Waals surface area contributed by atoms with E-state index in [-0.39, 0.29) is 12.0 Å². The molecule has 0 unspecified atom stereocenters. The van der Waals surface area contributed by atoms with Crippen molar-refractivity contribution in [3.8, 4) is 0 Å². The van der Waals surface area contributed by atoms with Crippen LogP contribution in [0.15, 0.2) is 41.7 Å². The number of rotatable bonds is 19. The van der Waals surface area contributed by atoms with Gasteiger partial charge in [0.25, 0.3) is 0 Å². The number of ether oxygens (including phenoxy) is 1. The van der Waals surface area contributed by atoms with Gasteiger partial charge in [0.05, 0.1) is 26.2 Å². The van der Waals surface area contributed by atoms with Gasteiger partial charge in [0.15, 0.2) is 0 Å². The van der Waals surface area contributed by atoms with Crippen molar-refractivity contribution in [2.24, 2.45) is 4.99 Å². The maximum absolute atomic E-state index is 12.9. The standard InChI is InChI=1S/C31H51N7O2/c1-6-18-37(19-7-2)20-9-10-28(31(39)40-8-3)36(5)22-26-11-13-27(14-12-26)23-38(24-29-32-15-16-33-29)25-30-34-17-21-35(30)4/h11-16,28H,6-10,17-25H2,1-5H3,(H,32,33)/t28-/m0/s1. The zero-order valence-corrected chi connectivity index (χ0v) is 25.4. The smallest absolute Gasteiger partial charge is 0.323 e. The predicted molar refractivity (Wildman–Crippen MR) is 162 cm³/mol. The summed E-state index contributed by atoms with van der Waals surface area (Å²) in [6.07, 6.45) is 7.77. The zero-order chi connectivity index (χ0) is 28.7. The molecule has 1 aromatic heterocycles. The number of nitrogens with zero attached hydrogens (tertiary/aromatic N) is 6. The van der Waals surface area contributed by atoms with E-state index in [1.165, 1.54) is 11.1 Å². The molecule has 1 N–H and O–H groups in total. The van der Waals surface area contributed by atoms with Crippen molar-refractivity contribution in [3.63, 3.8) is 0 Å². The van der Waals surface area contributed by atoms with Gasteiger partial charge in [-0.1, -0.05) is 38.1 Å². The van der Waals surface area contributed by atoms with Crippen LogP contribution in [0.3, 0.4) is 0 Å². The quantitative estimate of drug-likeness (QED) is 0.263. The number of nitrogens with one attached hydrogen (secondary N) is 1. The number of hydrogen-bond donors (Lipinski definition) is 1. The number of carbonyl (C=O) groups is 1. The number of aromatic amines is 1. The lowest BCUT2D eigenvalue weighted by Crippen LogP contribution is -2.40. The van der Waals surface area contributed by atoms with Crippen molar-refractivity contribution in [3.05, 3.63) is 53.6 Å². The number of carbonyl (C=O) groups excluding carboxylic acids is 1. The Balaban J connectivity index is 1.60. The van der Waals surface area contributed by atoms with E-state index in [2.05, 4.69) is 74.7 Å². The van der Waals surface area contributed by atoms with Gasteiger partial charge in [-0.3, -0.25) is 19.6 Å². The summed E-state index contributed by atoms with van der Waals surface area (Å²) in [5.41, 5.74) is 2.43. The van der Waals surface area contributed by atoms with Gasteiger partial charge in [0.2, 0.25) is 0 Å². The summed E-state index contributed by atoms with van der Waals surface area (Å²) in [6, 6.07) is 8.53. The van der Waals surface area contributed by atoms with Gasteiger partial charge in [0, 0.05) is 39.1 Å². The molecule has 40 heavy (non-hydrogen) atoms. The highest BCUT2D eigenvalue weighted by molar-refractivity contribution is 5.85. The molecule has 0 aliphatic carbocycles. The first kappa shape index (κ1) is 31.8. The maximum atomic E-state index is 12.9. The van der Waals surface area contributed by atoms with Crippen molar-refractivity contribution in [1.82, 2.24) is 29.6 Å². The van der Waals surface area contributed by atoms with Gasteiger partial charge in [-0.15, -0.1) is 0 Å². The monoisotopic (exact) mass is 553 g/mol. The minimum absolute atomic E-state index is 0.118. The fourth-order valence-corrected chi connectivity index (χ4v) is 5.35. The highest BCUT2D eigenvalue weighted by atomic mass is 16.5. The van der Waals surface area contributed by atoms with E-state index in [1.54, 1.807) is 6.20 Å². The Morgan fingerprint density at radius 2 is 1.70 bits per heavy atom. The average molecular weight is 554 g/mol. The van der Waals surface area contributed by atoms with Crippen molar-refractivity contribution in [1.29, 1.82) is 0 Å². The van der Waals surface area contributed by atoms with Crippen molar-refractivity contribution in [2.45, 2.75) is 72.1 Å². The van der Waals surface area contributed by atoms with Crippen LogP contribution in [0.2, 0.25) is 0 Å². The van der Waals surface area contributed by atoms with Crippen molar-refractivity contribution < 1.29 is 9.53 Å². The SMILES string of the molecule is CCCN(CCC)CCC[C@@H](C(=O)OCC)N(C)Cc1ccc(CN(CC2=NCCN2C)Cc2ncc[nH]2)cc1. The molecule has 222 valence electrons. The molecule has 1 aromatic carbocycles. The Kier molecular flexibility index (Phi) is 13.6. The zero-order valence-electron chi connectivity index (χ0n) is 25.4. The first-order valence-electron chi connectivity index (χ1n) is 15.1. The lowest BCUT2D eigenvalue weighted by atomic mass is 10.1. The molecule has 0 fully saturated rings. The van der Waals surface area contributed by atoms with E-state index in [1.807, 2.05) is 20.2 Å². The Morgan fingerprint density at radius 3 is 2.27 bits per heavy atom. The van der Waals surface area contributed by atoms with Crippen molar-refractivity contribution >= 4 is 11.8 Å². The predicted octanol–water partition coefficient (Wildman–Crippen LogP) is 4.02. The molecule has 1 atom stereocenters. The van der Waals surface area contributed by atoms with Gasteiger partial charge < -0.3 is 19.5 Å². The molecule has 0 amide bonds. The van der Waals surface area contributed by atoms with Crippen LogP contribution in [0, 0.1) is 0 Å². The molecule has 3 rings (SSSR count).